The number of ether oxygens (including phenoxy) is 1. The van der Waals surface area contributed by atoms with Gasteiger partial charge in [-0.15, -0.1) is 11.3 Å². The number of thiophene rings is 1. The first-order chi connectivity index (χ1) is 13.2. The second kappa shape index (κ2) is 8.52. The van der Waals surface area contributed by atoms with E-state index in [2.05, 4.69) is 10.1 Å². The summed E-state index contributed by atoms with van der Waals surface area (Å²) in [5.41, 5.74) is 1.08. The molecule has 2 saturated heterocycles. The Bertz CT molecular complexity index is 766. The Labute approximate surface area is 163 Å². The molecule has 0 bridgehead atoms. The van der Waals surface area contributed by atoms with Crippen LogP contribution in [0.2, 0.25) is 0 Å². The molecule has 27 heavy (non-hydrogen) atoms. The molecule has 2 fully saturated rings. The van der Waals surface area contributed by atoms with Gasteiger partial charge in [0.1, 0.15) is 0 Å². The SMILES string of the molecule is Cc1ccsc1C(=O)N1CCCC(CCc2noc(C3CCOCC3)n2)C1. The van der Waals surface area contributed by atoms with Crippen LogP contribution in [0.5, 0.6) is 0 Å². The number of rotatable bonds is 5. The van der Waals surface area contributed by atoms with E-state index in [0.717, 1.165) is 87.0 Å². The number of nitrogens with zero attached hydrogens (tertiary/aromatic N) is 3. The molecule has 4 heterocycles. The molecule has 2 aromatic rings. The highest BCUT2D eigenvalue weighted by Gasteiger charge is 2.27. The molecule has 1 unspecified atom stereocenters. The second-order valence-corrected chi connectivity index (χ2v) is 8.58. The third-order valence-electron chi connectivity index (χ3n) is 5.69. The van der Waals surface area contributed by atoms with Gasteiger partial charge < -0.3 is 14.2 Å². The van der Waals surface area contributed by atoms with E-state index in [4.69, 9.17) is 9.26 Å². The van der Waals surface area contributed by atoms with Crippen LogP contribution in [0, 0.1) is 12.8 Å². The highest BCUT2D eigenvalue weighted by molar-refractivity contribution is 7.12. The van der Waals surface area contributed by atoms with Gasteiger partial charge >= 0.3 is 0 Å². The molecular formula is C20H27N3O3S. The molecule has 0 aliphatic carbocycles. The molecule has 2 aliphatic heterocycles. The number of hydrogen-bond acceptors (Lipinski definition) is 6. The minimum atomic E-state index is 0.188. The summed E-state index contributed by atoms with van der Waals surface area (Å²) in [7, 11) is 0. The zero-order chi connectivity index (χ0) is 18.6. The van der Waals surface area contributed by atoms with Gasteiger partial charge in [-0.05, 0) is 62.0 Å². The van der Waals surface area contributed by atoms with E-state index in [-0.39, 0.29) is 5.91 Å². The Balaban J connectivity index is 1.30. The van der Waals surface area contributed by atoms with E-state index in [1.54, 1.807) is 11.3 Å². The predicted molar refractivity (Wildman–Crippen MR) is 103 cm³/mol. The van der Waals surface area contributed by atoms with E-state index < -0.39 is 0 Å². The minimum absolute atomic E-state index is 0.188. The molecule has 0 radical (unpaired) electrons. The lowest BCUT2D eigenvalue weighted by Gasteiger charge is -2.32. The molecule has 0 aromatic carbocycles. The van der Waals surface area contributed by atoms with Crippen molar-refractivity contribution in [1.82, 2.24) is 15.0 Å². The highest BCUT2D eigenvalue weighted by Crippen LogP contribution is 2.27. The topological polar surface area (TPSA) is 68.5 Å². The molecule has 146 valence electrons. The van der Waals surface area contributed by atoms with Crippen molar-refractivity contribution in [2.75, 3.05) is 26.3 Å². The number of carbonyl (C=O) groups is 1. The number of aryl methyl sites for hydroxylation is 2. The second-order valence-electron chi connectivity index (χ2n) is 7.67. The third-order valence-corrected chi connectivity index (χ3v) is 6.70. The Morgan fingerprint density at radius 1 is 1.33 bits per heavy atom. The minimum Gasteiger partial charge on any atom is -0.381 e. The standard InChI is InChI=1S/C20H27N3O3S/c1-14-8-12-27-18(14)20(24)23-9-2-3-15(13-23)4-5-17-21-19(26-22-17)16-6-10-25-11-7-16/h8,12,15-16H,2-7,9-11,13H2,1H3. The fourth-order valence-electron chi connectivity index (χ4n) is 4.03. The summed E-state index contributed by atoms with van der Waals surface area (Å²) < 4.78 is 10.9. The van der Waals surface area contributed by atoms with Crippen LogP contribution in [0.3, 0.4) is 0 Å². The van der Waals surface area contributed by atoms with Crippen molar-refractivity contribution in [1.29, 1.82) is 0 Å². The molecule has 1 atom stereocenters. The lowest BCUT2D eigenvalue weighted by atomic mass is 9.93. The first-order valence-electron chi connectivity index (χ1n) is 9.94. The summed E-state index contributed by atoms with van der Waals surface area (Å²) in [5.74, 6) is 2.61. The maximum absolute atomic E-state index is 12.8. The van der Waals surface area contributed by atoms with Gasteiger partial charge in [0.05, 0.1) is 4.88 Å². The third kappa shape index (κ3) is 4.41. The average molecular weight is 390 g/mol. The van der Waals surface area contributed by atoms with Crippen LogP contribution in [0.15, 0.2) is 16.0 Å². The first-order valence-corrected chi connectivity index (χ1v) is 10.8. The van der Waals surface area contributed by atoms with Gasteiger partial charge in [0.2, 0.25) is 5.89 Å². The molecule has 4 rings (SSSR count). The van der Waals surface area contributed by atoms with Gasteiger partial charge in [-0.3, -0.25) is 4.79 Å². The molecule has 2 aliphatic rings. The monoisotopic (exact) mass is 389 g/mol. The number of carbonyl (C=O) groups excluding carboxylic acids is 1. The molecule has 7 heteroatoms. The fourth-order valence-corrected chi connectivity index (χ4v) is 4.93. The van der Waals surface area contributed by atoms with Crippen molar-refractivity contribution in [3.05, 3.63) is 33.6 Å². The largest absolute Gasteiger partial charge is 0.381 e. The Morgan fingerprint density at radius 3 is 2.96 bits per heavy atom. The molecule has 0 N–H and O–H groups in total. The molecule has 2 aromatic heterocycles. The number of likely N-dealkylation sites (tertiary alicyclic amines) is 1. The number of aromatic nitrogens is 2. The van der Waals surface area contributed by atoms with Crippen molar-refractivity contribution in [2.45, 2.75) is 51.4 Å². The maximum Gasteiger partial charge on any atom is 0.264 e. The molecule has 0 spiro atoms. The molecule has 1 amide bonds. The van der Waals surface area contributed by atoms with Crippen LogP contribution >= 0.6 is 11.3 Å². The summed E-state index contributed by atoms with van der Waals surface area (Å²) >= 11 is 1.55. The maximum atomic E-state index is 12.8. The van der Waals surface area contributed by atoms with Crippen molar-refractivity contribution >= 4 is 17.2 Å². The molecule has 0 saturated carbocycles. The molecule has 6 nitrogen and oxygen atoms in total. The number of piperidine rings is 1. The van der Waals surface area contributed by atoms with Gasteiger partial charge in [0.15, 0.2) is 5.82 Å². The Kier molecular flexibility index (Phi) is 5.88. The summed E-state index contributed by atoms with van der Waals surface area (Å²) in [5, 5.41) is 6.17. The summed E-state index contributed by atoms with van der Waals surface area (Å²) in [6.45, 7) is 5.26. The van der Waals surface area contributed by atoms with Crippen molar-refractivity contribution in [3.8, 4) is 0 Å². The summed E-state index contributed by atoms with van der Waals surface area (Å²) in [4.78, 5) is 20.3. The van der Waals surface area contributed by atoms with E-state index in [1.165, 1.54) is 0 Å². The van der Waals surface area contributed by atoms with Crippen LogP contribution in [0.1, 0.15) is 65.0 Å². The van der Waals surface area contributed by atoms with Gasteiger partial charge in [0.25, 0.3) is 5.91 Å². The zero-order valence-corrected chi connectivity index (χ0v) is 16.7. The zero-order valence-electron chi connectivity index (χ0n) is 15.9. The summed E-state index contributed by atoms with van der Waals surface area (Å²) in [6, 6.07) is 2.02. The van der Waals surface area contributed by atoms with E-state index >= 15 is 0 Å². The predicted octanol–water partition coefficient (Wildman–Crippen LogP) is 3.82. The van der Waals surface area contributed by atoms with Gasteiger partial charge in [-0.2, -0.15) is 4.98 Å². The quantitative estimate of drug-likeness (QED) is 0.778. The van der Waals surface area contributed by atoms with Gasteiger partial charge in [-0.25, -0.2) is 0 Å². The van der Waals surface area contributed by atoms with Crippen LogP contribution in [0.25, 0.3) is 0 Å². The van der Waals surface area contributed by atoms with E-state index in [1.807, 2.05) is 23.3 Å². The van der Waals surface area contributed by atoms with Gasteiger partial charge in [-0.1, -0.05) is 5.16 Å². The van der Waals surface area contributed by atoms with E-state index in [9.17, 15) is 4.79 Å². The highest BCUT2D eigenvalue weighted by atomic mass is 32.1. The number of amides is 1. The van der Waals surface area contributed by atoms with Crippen molar-refractivity contribution < 1.29 is 14.1 Å². The molecular weight excluding hydrogens is 362 g/mol. The van der Waals surface area contributed by atoms with Crippen LogP contribution in [0.4, 0.5) is 0 Å². The van der Waals surface area contributed by atoms with Gasteiger partial charge in [0, 0.05) is 38.6 Å². The smallest absolute Gasteiger partial charge is 0.264 e. The fraction of sp³-hybridized carbons (Fsp3) is 0.650. The number of hydrogen-bond donors (Lipinski definition) is 0. The van der Waals surface area contributed by atoms with Crippen LogP contribution < -0.4 is 0 Å². The normalized spacial score (nSPS) is 21.5. The van der Waals surface area contributed by atoms with Crippen molar-refractivity contribution in [2.24, 2.45) is 5.92 Å². The lowest BCUT2D eigenvalue weighted by molar-refractivity contribution is 0.0672. The van der Waals surface area contributed by atoms with Crippen LogP contribution in [-0.2, 0) is 11.2 Å². The average Bonchev–Trinajstić information content (AvgIpc) is 3.36. The van der Waals surface area contributed by atoms with Crippen LogP contribution in [-0.4, -0.2) is 47.3 Å². The van der Waals surface area contributed by atoms with E-state index in [0.29, 0.717) is 11.8 Å². The van der Waals surface area contributed by atoms with Crippen molar-refractivity contribution in [3.63, 3.8) is 0 Å². The Morgan fingerprint density at radius 2 is 2.19 bits per heavy atom. The summed E-state index contributed by atoms with van der Waals surface area (Å²) in [6.07, 6.45) is 5.97. The first kappa shape index (κ1) is 18.6. The lowest BCUT2D eigenvalue weighted by Crippen LogP contribution is -2.40. The Hall–Kier alpha value is -1.73.